The average Bonchev–Trinajstić information content (AvgIpc) is 2.24. The fourth-order valence-electron chi connectivity index (χ4n) is 1.42. The third-order valence-electron chi connectivity index (χ3n) is 2.79. The zero-order valence-corrected chi connectivity index (χ0v) is 11.8. The number of hydrogen-bond acceptors (Lipinski definition) is 2. The van der Waals surface area contributed by atoms with E-state index in [0.29, 0.717) is 6.42 Å². The van der Waals surface area contributed by atoms with Crippen molar-refractivity contribution in [3.05, 3.63) is 0 Å². The fraction of sp³-hybridized carbons (Fsp3) is 0.857. The highest BCUT2D eigenvalue weighted by molar-refractivity contribution is 5.89. The van der Waals surface area contributed by atoms with Gasteiger partial charge < -0.3 is 5.32 Å². The molecule has 3 nitrogen and oxygen atoms in total. The summed E-state index contributed by atoms with van der Waals surface area (Å²) in [5.41, 5.74) is -0.367. The number of carbonyl (C=O) groups is 2. The first-order chi connectivity index (χ1) is 7.88. The predicted molar refractivity (Wildman–Crippen MR) is 70.8 cm³/mol. The normalized spacial score (nSPS) is 11.3. The number of nitrogens with one attached hydrogen (secondary N) is 1. The molecule has 1 N–H and O–H groups in total. The minimum atomic E-state index is -0.367. The van der Waals surface area contributed by atoms with Crippen molar-refractivity contribution in [2.75, 3.05) is 6.54 Å². The van der Waals surface area contributed by atoms with Crippen LogP contribution in [0, 0.1) is 5.41 Å². The highest BCUT2D eigenvalue weighted by Gasteiger charge is 2.20. The van der Waals surface area contributed by atoms with Gasteiger partial charge in [-0.15, -0.1) is 0 Å². The zero-order chi connectivity index (χ0) is 13.3. The monoisotopic (exact) mass is 241 g/mol. The van der Waals surface area contributed by atoms with Crippen LogP contribution in [0.4, 0.5) is 0 Å². The number of hydrogen-bond donors (Lipinski definition) is 1. The van der Waals surface area contributed by atoms with Gasteiger partial charge in [0.25, 0.3) is 0 Å². The molecule has 0 aliphatic rings. The van der Waals surface area contributed by atoms with Crippen LogP contribution < -0.4 is 5.32 Å². The average molecular weight is 241 g/mol. The summed E-state index contributed by atoms with van der Waals surface area (Å²) in [4.78, 5) is 23.0. The first-order valence-corrected chi connectivity index (χ1v) is 6.68. The van der Waals surface area contributed by atoms with Gasteiger partial charge in [0, 0.05) is 11.8 Å². The van der Waals surface area contributed by atoms with Crippen molar-refractivity contribution in [2.24, 2.45) is 5.41 Å². The lowest BCUT2D eigenvalue weighted by atomic mass is 9.91. The summed E-state index contributed by atoms with van der Waals surface area (Å²) >= 11 is 0. The molecule has 0 aliphatic heterocycles. The van der Waals surface area contributed by atoms with Crippen LogP contribution in [0.25, 0.3) is 0 Å². The number of carbonyl (C=O) groups excluding carboxylic acids is 2. The molecule has 0 aliphatic carbocycles. The van der Waals surface area contributed by atoms with E-state index in [-0.39, 0.29) is 23.7 Å². The van der Waals surface area contributed by atoms with Crippen molar-refractivity contribution < 1.29 is 9.59 Å². The summed E-state index contributed by atoms with van der Waals surface area (Å²) in [6.45, 7) is 7.94. The van der Waals surface area contributed by atoms with Gasteiger partial charge in [0.15, 0.2) is 5.78 Å². The number of unbranched alkanes of at least 4 members (excludes halogenated alkanes) is 4. The molecule has 17 heavy (non-hydrogen) atoms. The topological polar surface area (TPSA) is 46.2 Å². The lowest BCUT2D eigenvalue weighted by Gasteiger charge is -2.16. The second kappa shape index (κ2) is 8.26. The zero-order valence-electron chi connectivity index (χ0n) is 11.8. The van der Waals surface area contributed by atoms with Crippen LogP contribution in [0.3, 0.4) is 0 Å². The first-order valence-electron chi connectivity index (χ1n) is 6.68. The lowest BCUT2D eigenvalue weighted by molar-refractivity contribution is -0.129. The van der Waals surface area contributed by atoms with E-state index in [4.69, 9.17) is 0 Å². The SMILES string of the molecule is CCCCCCCC(=O)NCC(=O)C(C)(C)C. The molecule has 100 valence electrons. The second-order valence-corrected chi connectivity index (χ2v) is 5.61. The molecule has 0 aromatic carbocycles. The number of Topliss-reactive ketones (excluding diaryl/α,β-unsaturated/α-hetero) is 1. The van der Waals surface area contributed by atoms with Crippen LogP contribution in [0.2, 0.25) is 0 Å². The Morgan fingerprint density at radius 3 is 2.12 bits per heavy atom. The van der Waals surface area contributed by atoms with Gasteiger partial charge in [0.1, 0.15) is 0 Å². The largest absolute Gasteiger partial charge is 0.349 e. The molecule has 0 fully saturated rings. The third kappa shape index (κ3) is 8.90. The van der Waals surface area contributed by atoms with Crippen LogP contribution in [-0.4, -0.2) is 18.2 Å². The Morgan fingerprint density at radius 2 is 1.59 bits per heavy atom. The van der Waals surface area contributed by atoms with E-state index in [1.54, 1.807) is 0 Å². The van der Waals surface area contributed by atoms with E-state index in [9.17, 15) is 9.59 Å². The van der Waals surface area contributed by atoms with Gasteiger partial charge in [-0.1, -0.05) is 53.4 Å². The Bertz CT molecular complexity index is 241. The summed E-state index contributed by atoms with van der Waals surface area (Å²) in [6, 6.07) is 0. The Balaban J connectivity index is 3.57. The molecule has 0 atom stereocenters. The number of rotatable bonds is 8. The predicted octanol–water partition coefficient (Wildman–Crippen LogP) is 3.08. The van der Waals surface area contributed by atoms with E-state index in [1.165, 1.54) is 19.3 Å². The molecule has 0 unspecified atom stereocenters. The Morgan fingerprint density at radius 1 is 1.00 bits per heavy atom. The maximum atomic E-state index is 11.6. The molecule has 1 amide bonds. The lowest BCUT2D eigenvalue weighted by Crippen LogP contribution is -2.35. The van der Waals surface area contributed by atoms with Crippen molar-refractivity contribution >= 4 is 11.7 Å². The van der Waals surface area contributed by atoms with Crippen molar-refractivity contribution in [3.63, 3.8) is 0 Å². The third-order valence-corrected chi connectivity index (χ3v) is 2.79. The summed E-state index contributed by atoms with van der Waals surface area (Å²) in [6.07, 6.45) is 6.23. The molecule has 0 radical (unpaired) electrons. The highest BCUT2D eigenvalue weighted by Crippen LogP contribution is 2.13. The van der Waals surface area contributed by atoms with Crippen LogP contribution in [0.15, 0.2) is 0 Å². The molecule has 3 heteroatoms. The maximum absolute atomic E-state index is 11.6. The molecule has 0 aromatic rings. The van der Waals surface area contributed by atoms with Gasteiger partial charge in [-0.25, -0.2) is 0 Å². The Labute approximate surface area is 105 Å². The quantitative estimate of drug-likeness (QED) is 0.664. The van der Waals surface area contributed by atoms with Crippen LogP contribution >= 0.6 is 0 Å². The van der Waals surface area contributed by atoms with Crippen LogP contribution in [-0.2, 0) is 9.59 Å². The maximum Gasteiger partial charge on any atom is 0.220 e. The van der Waals surface area contributed by atoms with E-state index >= 15 is 0 Å². The molecule has 0 spiro atoms. The standard InChI is InChI=1S/C14H27NO2/c1-5-6-7-8-9-10-13(17)15-11-12(16)14(2,3)4/h5-11H2,1-4H3,(H,15,17). The smallest absolute Gasteiger partial charge is 0.220 e. The molecular weight excluding hydrogens is 214 g/mol. The van der Waals surface area contributed by atoms with E-state index in [2.05, 4.69) is 12.2 Å². The molecular formula is C14H27NO2. The van der Waals surface area contributed by atoms with Gasteiger partial charge >= 0.3 is 0 Å². The van der Waals surface area contributed by atoms with Crippen LogP contribution in [0.5, 0.6) is 0 Å². The van der Waals surface area contributed by atoms with Gasteiger partial charge in [0.05, 0.1) is 6.54 Å². The summed E-state index contributed by atoms with van der Waals surface area (Å²) in [5, 5.41) is 2.69. The summed E-state index contributed by atoms with van der Waals surface area (Å²) < 4.78 is 0. The molecule has 0 saturated heterocycles. The molecule has 0 rings (SSSR count). The van der Waals surface area contributed by atoms with Crippen molar-refractivity contribution in [1.29, 1.82) is 0 Å². The van der Waals surface area contributed by atoms with E-state index in [0.717, 1.165) is 12.8 Å². The van der Waals surface area contributed by atoms with E-state index in [1.807, 2.05) is 20.8 Å². The Kier molecular flexibility index (Phi) is 7.85. The van der Waals surface area contributed by atoms with Crippen molar-refractivity contribution in [1.82, 2.24) is 5.32 Å². The van der Waals surface area contributed by atoms with Gasteiger partial charge in [-0.2, -0.15) is 0 Å². The summed E-state index contributed by atoms with van der Waals surface area (Å²) in [5.74, 6) is 0.0796. The molecule has 0 saturated carbocycles. The minimum absolute atomic E-state index is 0.000835. The van der Waals surface area contributed by atoms with Gasteiger partial charge in [0.2, 0.25) is 5.91 Å². The molecule has 0 aromatic heterocycles. The first kappa shape index (κ1) is 16.1. The van der Waals surface area contributed by atoms with Gasteiger partial charge in [-0.3, -0.25) is 9.59 Å². The van der Waals surface area contributed by atoms with E-state index < -0.39 is 0 Å². The van der Waals surface area contributed by atoms with Crippen molar-refractivity contribution in [2.45, 2.75) is 66.2 Å². The number of ketones is 1. The summed E-state index contributed by atoms with van der Waals surface area (Å²) in [7, 11) is 0. The van der Waals surface area contributed by atoms with Gasteiger partial charge in [-0.05, 0) is 6.42 Å². The van der Waals surface area contributed by atoms with Crippen LogP contribution in [0.1, 0.15) is 66.2 Å². The highest BCUT2D eigenvalue weighted by atomic mass is 16.2. The second-order valence-electron chi connectivity index (χ2n) is 5.61. The minimum Gasteiger partial charge on any atom is -0.349 e. The molecule has 0 bridgehead atoms. The molecule has 0 heterocycles. The van der Waals surface area contributed by atoms with Crippen molar-refractivity contribution in [3.8, 4) is 0 Å². The number of amides is 1. The Hall–Kier alpha value is -0.860. The fourth-order valence-corrected chi connectivity index (χ4v) is 1.42.